The number of halogens is 1. The van der Waals surface area contributed by atoms with Gasteiger partial charge in [0.2, 0.25) is 5.91 Å². The van der Waals surface area contributed by atoms with Crippen LogP contribution in [0.15, 0.2) is 29.3 Å². The molecule has 0 spiro atoms. The summed E-state index contributed by atoms with van der Waals surface area (Å²) < 4.78 is 0. The van der Waals surface area contributed by atoms with Crippen LogP contribution in [-0.2, 0) is 11.3 Å². The Morgan fingerprint density at radius 2 is 1.75 bits per heavy atom. The Morgan fingerprint density at radius 3 is 2.36 bits per heavy atom. The number of nitrogens with two attached hydrogens (primary N) is 1. The number of hydrogen-bond donors (Lipinski definition) is 4. The van der Waals surface area contributed by atoms with E-state index in [1.165, 1.54) is 32.4 Å². The second kappa shape index (κ2) is 13.3. The van der Waals surface area contributed by atoms with Crippen molar-refractivity contribution in [2.24, 2.45) is 10.7 Å². The van der Waals surface area contributed by atoms with E-state index in [1.54, 1.807) is 19.2 Å². The maximum Gasteiger partial charge on any atom is 0.251 e. The van der Waals surface area contributed by atoms with Crippen molar-refractivity contribution in [3.63, 3.8) is 0 Å². The van der Waals surface area contributed by atoms with Crippen LogP contribution in [0.2, 0.25) is 0 Å². The van der Waals surface area contributed by atoms with Gasteiger partial charge in [0.25, 0.3) is 5.91 Å². The third-order valence-corrected chi connectivity index (χ3v) is 4.49. The largest absolute Gasteiger partial charge is 0.368 e. The average Bonchev–Trinajstić information content (AvgIpc) is 2.70. The highest BCUT2D eigenvalue weighted by Gasteiger charge is 2.09. The predicted octanol–water partition coefficient (Wildman–Crippen LogP) is 0.671. The Hall–Kier alpha value is -1.88. The Labute approximate surface area is 183 Å². The van der Waals surface area contributed by atoms with E-state index in [0.717, 1.165) is 24.6 Å². The molecule has 0 aromatic heterocycles. The number of rotatable bonds is 8. The third kappa shape index (κ3) is 8.87. The van der Waals surface area contributed by atoms with Crippen molar-refractivity contribution < 1.29 is 9.59 Å². The zero-order valence-electron chi connectivity index (χ0n) is 16.4. The topological polar surface area (TPSA) is 112 Å². The molecule has 0 unspecified atom stereocenters. The molecule has 1 heterocycles. The summed E-state index contributed by atoms with van der Waals surface area (Å²) in [7, 11) is 1.75. The quantitative estimate of drug-likeness (QED) is 0.237. The summed E-state index contributed by atoms with van der Waals surface area (Å²) in [4.78, 5) is 29.3. The van der Waals surface area contributed by atoms with Crippen LogP contribution in [0, 0.1) is 0 Å². The minimum absolute atomic E-state index is 0. The van der Waals surface area contributed by atoms with Crippen molar-refractivity contribution in [1.82, 2.24) is 20.9 Å². The molecule has 1 aromatic rings. The van der Waals surface area contributed by atoms with E-state index < -0.39 is 5.91 Å². The molecule has 1 saturated heterocycles. The monoisotopic (exact) mass is 502 g/mol. The van der Waals surface area contributed by atoms with Gasteiger partial charge >= 0.3 is 0 Å². The molecule has 28 heavy (non-hydrogen) atoms. The third-order valence-electron chi connectivity index (χ3n) is 4.49. The van der Waals surface area contributed by atoms with Gasteiger partial charge < -0.3 is 26.6 Å². The molecule has 5 N–H and O–H groups in total. The van der Waals surface area contributed by atoms with Crippen LogP contribution >= 0.6 is 24.0 Å². The molecule has 0 bridgehead atoms. The Morgan fingerprint density at radius 1 is 1.07 bits per heavy atom. The zero-order chi connectivity index (χ0) is 19.5. The Bertz CT molecular complexity index is 644. The number of amides is 2. The maximum absolute atomic E-state index is 11.9. The fourth-order valence-corrected chi connectivity index (χ4v) is 2.97. The number of benzene rings is 1. The molecule has 0 saturated carbocycles. The van der Waals surface area contributed by atoms with Crippen LogP contribution in [0.3, 0.4) is 0 Å². The molecule has 2 rings (SSSR count). The molecule has 1 aromatic carbocycles. The van der Waals surface area contributed by atoms with Crippen LogP contribution < -0.4 is 21.7 Å². The van der Waals surface area contributed by atoms with Crippen molar-refractivity contribution in [3.8, 4) is 0 Å². The van der Waals surface area contributed by atoms with Crippen molar-refractivity contribution in [1.29, 1.82) is 0 Å². The molecule has 9 heteroatoms. The lowest BCUT2D eigenvalue weighted by Crippen LogP contribution is -2.42. The number of guanidine groups is 1. The first-order valence-electron chi connectivity index (χ1n) is 9.41. The van der Waals surface area contributed by atoms with Gasteiger partial charge in [0.1, 0.15) is 0 Å². The van der Waals surface area contributed by atoms with E-state index in [4.69, 9.17) is 5.73 Å². The van der Waals surface area contributed by atoms with Crippen molar-refractivity contribution >= 4 is 41.8 Å². The van der Waals surface area contributed by atoms with Crippen LogP contribution in [0.1, 0.15) is 35.2 Å². The minimum atomic E-state index is -0.566. The maximum atomic E-state index is 11.9. The molecule has 0 radical (unpaired) electrons. The molecule has 156 valence electrons. The Kier molecular flexibility index (Phi) is 11.5. The van der Waals surface area contributed by atoms with Crippen molar-refractivity contribution in [2.45, 2.75) is 25.8 Å². The number of nitrogens with one attached hydrogen (secondary N) is 3. The van der Waals surface area contributed by atoms with Crippen LogP contribution in [-0.4, -0.2) is 62.4 Å². The lowest BCUT2D eigenvalue weighted by atomic mass is 10.1. The lowest BCUT2D eigenvalue weighted by molar-refractivity contribution is -0.117. The normalized spacial score (nSPS) is 14.7. The van der Waals surface area contributed by atoms with E-state index in [2.05, 4.69) is 25.8 Å². The summed E-state index contributed by atoms with van der Waals surface area (Å²) in [6, 6.07) is 7.18. The van der Waals surface area contributed by atoms with Gasteiger partial charge in [-0.1, -0.05) is 18.6 Å². The van der Waals surface area contributed by atoms with E-state index in [-0.39, 0.29) is 36.4 Å². The van der Waals surface area contributed by atoms with Crippen LogP contribution in [0.5, 0.6) is 0 Å². The molecule has 0 aliphatic carbocycles. The number of aliphatic imine (C=N–C) groups is 1. The molecule has 2 amide bonds. The van der Waals surface area contributed by atoms with Crippen LogP contribution in [0.25, 0.3) is 0 Å². The predicted molar refractivity (Wildman–Crippen MR) is 122 cm³/mol. The number of hydrogen-bond acceptors (Lipinski definition) is 4. The number of primary amides is 1. The van der Waals surface area contributed by atoms with Gasteiger partial charge in [-0.05, 0) is 43.6 Å². The number of carbonyl (C=O) groups is 2. The smallest absolute Gasteiger partial charge is 0.251 e. The summed E-state index contributed by atoms with van der Waals surface area (Å²) in [6.45, 7) is 4.70. The summed E-state index contributed by atoms with van der Waals surface area (Å²) >= 11 is 0. The molecule has 1 fully saturated rings. The minimum Gasteiger partial charge on any atom is -0.368 e. The average molecular weight is 502 g/mol. The standard InChI is InChI=1S/C19H30N6O2.HI/c1-21-19(22-9-12-25-10-3-2-4-11-25)24-13-15-5-7-16(8-6-15)18(27)23-14-17(20)26;/h5-8H,2-4,9-14H2,1H3,(H2,20,26)(H,23,27)(H2,21,22,24);1H. The van der Waals surface area contributed by atoms with Gasteiger partial charge in [-0.3, -0.25) is 14.6 Å². The summed E-state index contributed by atoms with van der Waals surface area (Å²) in [5, 5.41) is 9.07. The summed E-state index contributed by atoms with van der Waals surface area (Å²) in [5.74, 6) is -0.123. The molecule has 8 nitrogen and oxygen atoms in total. The second-order valence-electron chi connectivity index (χ2n) is 6.60. The zero-order valence-corrected chi connectivity index (χ0v) is 18.7. The summed E-state index contributed by atoms with van der Waals surface area (Å²) in [5.41, 5.74) is 6.54. The first-order chi connectivity index (χ1) is 13.1. The molecule has 1 aliphatic rings. The lowest BCUT2D eigenvalue weighted by Gasteiger charge is -2.26. The first kappa shape index (κ1) is 24.2. The fourth-order valence-electron chi connectivity index (χ4n) is 2.97. The van der Waals surface area contributed by atoms with E-state index in [9.17, 15) is 9.59 Å². The molecule has 0 atom stereocenters. The highest BCUT2D eigenvalue weighted by molar-refractivity contribution is 14.0. The molecule has 1 aliphatic heterocycles. The van der Waals surface area contributed by atoms with Gasteiger partial charge in [0.15, 0.2) is 5.96 Å². The SMILES string of the molecule is CN=C(NCCN1CCCCC1)NCc1ccc(C(=O)NCC(N)=O)cc1.I. The van der Waals surface area contributed by atoms with E-state index >= 15 is 0 Å². The summed E-state index contributed by atoms with van der Waals surface area (Å²) in [6.07, 6.45) is 3.94. The van der Waals surface area contributed by atoms with Gasteiger partial charge in [-0.15, -0.1) is 24.0 Å². The molecular weight excluding hydrogens is 471 g/mol. The second-order valence-corrected chi connectivity index (χ2v) is 6.60. The number of carbonyl (C=O) groups excluding carboxylic acids is 2. The van der Waals surface area contributed by atoms with Gasteiger partial charge in [0, 0.05) is 32.2 Å². The Balaban J connectivity index is 0.00000392. The van der Waals surface area contributed by atoms with Crippen molar-refractivity contribution in [2.75, 3.05) is 39.8 Å². The van der Waals surface area contributed by atoms with Gasteiger partial charge in [-0.2, -0.15) is 0 Å². The van der Waals surface area contributed by atoms with E-state index in [0.29, 0.717) is 12.1 Å². The highest BCUT2D eigenvalue weighted by Crippen LogP contribution is 2.07. The number of nitrogens with zero attached hydrogens (tertiary/aromatic N) is 2. The number of piperidine rings is 1. The first-order valence-corrected chi connectivity index (χ1v) is 9.41. The van der Waals surface area contributed by atoms with Gasteiger partial charge in [0.05, 0.1) is 6.54 Å². The van der Waals surface area contributed by atoms with E-state index in [1.807, 2.05) is 12.1 Å². The molecular formula is C19H31IN6O2. The number of likely N-dealkylation sites (tertiary alicyclic amines) is 1. The highest BCUT2D eigenvalue weighted by atomic mass is 127. The van der Waals surface area contributed by atoms with Crippen LogP contribution in [0.4, 0.5) is 0 Å². The fraction of sp³-hybridized carbons (Fsp3) is 0.526. The van der Waals surface area contributed by atoms with Crippen molar-refractivity contribution in [3.05, 3.63) is 35.4 Å². The van der Waals surface area contributed by atoms with Gasteiger partial charge in [-0.25, -0.2) is 0 Å².